The summed E-state index contributed by atoms with van der Waals surface area (Å²) in [7, 11) is 1.72. The standard InChI is InChI=1S/C19H25NO/c1-6-20-19(17-11-13(2)7-8-14(17)3)16-9-10-18(21-5)15(4)12-16/h7-12,19-20H,6H2,1-5H3. The zero-order chi connectivity index (χ0) is 15.4. The Bertz CT molecular complexity index is 619. The molecule has 2 aromatic carbocycles. The summed E-state index contributed by atoms with van der Waals surface area (Å²) in [6.07, 6.45) is 0. The molecule has 0 aromatic heterocycles. The fourth-order valence-electron chi connectivity index (χ4n) is 2.76. The summed E-state index contributed by atoms with van der Waals surface area (Å²) in [5.41, 5.74) is 6.41. The molecule has 0 aliphatic rings. The van der Waals surface area contributed by atoms with Crippen molar-refractivity contribution in [3.8, 4) is 5.75 Å². The Balaban J connectivity index is 2.48. The number of nitrogens with one attached hydrogen (secondary N) is 1. The van der Waals surface area contributed by atoms with Crippen molar-refractivity contribution in [2.45, 2.75) is 33.7 Å². The van der Waals surface area contributed by atoms with Crippen LogP contribution >= 0.6 is 0 Å². The van der Waals surface area contributed by atoms with Crippen LogP contribution in [0.5, 0.6) is 5.75 Å². The second kappa shape index (κ2) is 6.77. The zero-order valence-electron chi connectivity index (χ0n) is 13.7. The van der Waals surface area contributed by atoms with Gasteiger partial charge in [-0.2, -0.15) is 0 Å². The highest BCUT2D eigenvalue weighted by Gasteiger charge is 2.16. The second-order valence-corrected chi connectivity index (χ2v) is 5.58. The monoisotopic (exact) mass is 283 g/mol. The molecule has 21 heavy (non-hydrogen) atoms. The van der Waals surface area contributed by atoms with Crippen LogP contribution < -0.4 is 10.1 Å². The molecule has 2 heteroatoms. The number of rotatable bonds is 5. The number of aryl methyl sites for hydroxylation is 3. The minimum Gasteiger partial charge on any atom is -0.496 e. The molecule has 112 valence electrons. The van der Waals surface area contributed by atoms with Crippen molar-refractivity contribution >= 4 is 0 Å². The van der Waals surface area contributed by atoms with E-state index in [0.717, 1.165) is 12.3 Å². The molecular formula is C19H25NO. The molecule has 2 nitrogen and oxygen atoms in total. The van der Waals surface area contributed by atoms with Gasteiger partial charge in [0.15, 0.2) is 0 Å². The third kappa shape index (κ3) is 3.45. The van der Waals surface area contributed by atoms with E-state index in [-0.39, 0.29) is 6.04 Å². The topological polar surface area (TPSA) is 21.3 Å². The Kier molecular flexibility index (Phi) is 5.03. The first-order chi connectivity index (χ1) is 10.1. The van der Waals surface area contributed by atoms with E-state index in [1.807, 2.05) is 0 Å². The first kappa shape index (κ1) is 15.6. The molecule has 0 amide bonds. The van der Waals surface area contributed by atoms with Crippen LogP contribution in [0.25, 0.3) is 0 Å². The fraction of sp³-hybridized carbons (Fsp3) is 0.368. The number of methoxy groups -OCH3 is 1. The number of benzene rings is 2. The molecule has 0 heterocycles. The SMILES string of the molecule is CCNC(c1ccc(OC)c(C)c1)c1cc(C)ccc1C. The summed E-state index contributed by atoms with van der Waals surface area (Å²) in [5.74, 6) is 0.940. The fourth-order valence-corrected chi connectivity index (χ4v) is 2.76. The van der Waals surface area contributed by atoms with Crippen LogP contribution in [0.2, 0.25) is 0 Å². The Hall–Kier alpha value is -1.80. The first-order valence-corrected chi connectivity index (χ1v) is 7.52. The van der Waals surface area contributed by atoms with Crippen LogP contribution in [0.15, 0.2) is 36.4 Å². The maximum atomic E-state index is 5.37. The van der Waals surface area contributed by atoms with Gasteiger partial charge in [0.25, 0.3) is 0 Å². The summed E-state index contributed by atoms with van der Waals surface area (Å²) >= 11 is 0. The third-order valence-corrected chi connectivity index (χ3v) is 3.91. The van der Waals surface area contributed by atoms with Crippen molar-refractivity contribution in [2.24, 2.45) is 0 Å². The lowest BCUT2D eigenvalue weighted by molar-refractivity contribution is 0.411. The molecule has 0 fully saturated rings. The molecule has 2 aromatic rings. The largest absolute Gasteiger partial charge is 0.496 e. The molecule has 0 spiro atoms. The normalized spacial score (nSPS) is 12.2. The van der Waals surface area contributed by atoms with Crippen LogP contribution in [0.1, 0.15) is 40.8 Å². The predicted molar refractivity (Wildman–Crippen MR) is 89.2 cm³/mol. The molecule has 1 atom stereocenters. The van der Waals surface area contributed by atoms with Crippen LogP contribution in [-0.2, 0) is 0 Å². The molecule has 1 N–H and O–H groups in total. The van der Waals surface area contributed by atoms with Gasteiger partial charge in [0.2, 0.25) is 0 Å². The van der Waals surface area contributed by atoms with Gasteiger partial charge < -0.3 is 10.1 Å². The van der Waals surface area contributed by atoms with E-state index in [1.165, 1.54) is 27.8 Å². The van der Waals surface area contributed by atoms with Crippen LogP contribution in [0.4, 0.5) is 0 Å². The summed E-state index contributed by atoms with van der Waals surface area (Å²) in [4.78, 5) is 0. The third-order valence-electron chi connectivity index (χ3n) is 3.91. The summed E-state index contributed by atoms with van der Waals surface area (Å²) in [6.45, 7) is 9.49. The number of hydrogen-bond donors (Lipinski definition) is 1. The lowest BCUT2D eigenvalue weighted by Crippen LogP contribution is -2.23. The summed E-state index contributed by atoms with van der Waals surface area (Å²) < 4.78 is 5.37. The van der Waals surface area contributed by atoms with Crippen molar-refractivity contribution in [1.29, 1.82) is 0 Å². The van der Waals surface area contributed by atoms with Gasteiger partial charge in [-0.15, -0.1) is 0 Å². The predicted octanol–water partition coefficient (Wildman–Crippen LogP) is 4.32. The lowest BCUT2D eigenvalue weighted by atomic mass is 9.92. The van der Waals surface area contributed by atoms with Crippen molar-refractivity contribution in [2.75, 3.05) is 13.7 Å². The van der Waals surface area contributed by atoms with Crippen LogP contribution in [-0.4, -0.2) is 13.7 Å². The van der Waals surface area contributed by atoms with E-state index in [4.69, 9.17) is 4.74 Å². The Labute approximate surface area is 128 Å². The highest BCUT2D eigenvalue weighted by atomic mass is 16.5. The maximum absolute atomic E-state index is 5.37. The van der Waals surface area contributed by atoms with Gasteiger partial charge in [0.1, 0.15) is 5.75 Å². The first-order valence-electron chi connectivity index (χ1n) is 7.52. The van der Waals surface area contributed by atoms with Crippen LogP contribution in [0, 0.1) is 20.8 Å². The quantitative estimate of drug-likeness (QED) is 0.882. The van der Waals surface area contributed by atoms with Crippen molar-refractivity contribution in [3.63, 3.8) is 0 Å². The lowest BCUT2D eigenvalue weighted by Gasteiger charge is -2.22. The minimum atomic E-state index is 0.222. The van der Waals surface area contributed by atoms with Gasteiger partial charge in [-0.1, -0.05) is 42.8 Å². The molecule has 0 saturated heterocycles. The van der Waals surface area contributed by atoms with Gasteiger partial charge in [0.05, 0.1) is 13.2 Å². The Morgan fingerprint density at radius 3 is 2.38 bits per heavy atom. The molecule has 0 bridgehead atoms. The van der Waals surface area contributed by atoms with Crippen molar-refractivity contribution in [1.82, 2.24) is 5.32 Å². The van der Waals surface area contributed by atoms with Gasteiger partial charge in [-0.25, -0.2) is 0 Å². The molecule has 0 aliphatic heterocycles. The van der Waals surface area contributed by atoms with E-state index < -0.39 is 0 Å². The van der Waals surface area contributed by atoms with E-state index in [9.17, 15) is 0 Å². The molecule has 0 saturated carbocycles. The Morgan fingerprint density at radius 1 is 1.00 bits per heavy atom. The maximum Gasteiger partial charge on any atom is 0.121 e. The Morgan fingerprint density at radius 2 is 1.76 bits per heavy atom. The van der Waals surface area contributed by atoms with E-state index in [1.54, 1.807) is 7.11 Å². The van der Waals surface area contributed by atoms with Gasteiger partial charge in [0, 0.05) is 0 Å². The molecule has 2 rings (SSSR count). The highest BCUT2D eigenvalue weighted by molar-refractivity contribution is 5.43. The minimum absolute atomic E-state index is 0.222. The summed E-state index contributed by atoms with van der Waals surface area (Å²) in [5, 5.41) is 3.61. The van der Waals surface area contributed by atoms with Gasteiger partial charge in [-0.3, -0.25) is 0 Å². The average molecular weight is 283 g/mol. The molecule has 0 radical (unpaired) electrons. The highest BCUT2D eigenvalue weighted by Crippen LogP contribution is 2.29. The van der Waals surface area contributed by atoms with E-state index >= 15 is 0 Å². The zero-order valence-corrected chi connectivity index (χ0v) is 13.7. The second-order valence-electron chi connectivity index (χ2n) is 5.58. The molecule has 0 aliphatic carbocycles. The van der Waals surface area contributed by atoms with Gasteiger partial charge in [-0.05, 0) is 55.6 Å². The number of ether oxygens (including phenoxy) is 1. The van der Waals surface area contributed by atoms with Crippen molar-refractivity contribution < 1.29 is 4.74 Å². The van der Waals surface area contributed by atoms with Gasteiger partial charge >= 0.3 is 0 Å². The smallest absolute Gasteiger partial charge is 0.121 e. The van der Waals surface area contributed by atoms with E-state index in [2.05, 4.69) is 69.4 Å². The van der Waals surface area contributed by atoms with Crippen LogP contribution in [0.3, 0.4) is 0 Å². The molecular weight excluding hydrogens is 258 g/mol. The van der Waals surface area contributed by atoms with E-state index in [0.29, 0.717) is 0 Å². The molecule has 1 unspecified atom stereocenters. The number of hydrogen-bond acceptors (Lipinski definition) is 2. The van der Waals surface area contributed by atoms with Crippen molar-refractivity contribution in [3.05, 3.63) is 64.2 Å². The average Bonchev–Trinajstić information content (AvgIpc) is 2.47. The summed E-state index contributed by atoms with van der Waals surface area (Å²) in [6, 6.07) is 13.3.